The second kappa shape index (κ2) is 13.5. The maximum atomic E-state index is 12.2. The highest BCUT2D eigenvalue weighted by molar-refractivity contribution is 8.02. The van der Waals surface area contributed by atoms with E-state index in [1.165, 1.54) is 11.9 Å². The zero-order chi connectivity index (χ0) is 20.8. The lowest BCUT2D eigenvalue weighted by atomic mass is 10.1. The van der Waals surface area contributed by atoms with E-state index in [1.54, 1.807) is 12.2 Å². The molecule has 0 saturated carbocycles. The van der Waals surface area contributed by atoms with Gasteiger partial charge >= 0.3 is 6.03 Å². The summed E-state index contributed by atoms with van der Waals surface area (Å²) in [7, 11) is 0. The monoisotopic (exact) mass is 398 g/mol. The van der Waals surface area contributed by atoms with Crippen molar-refractivity contribution in [1.82, 2.24) is 10.0 Å². The molecule has 150 valence electrons. The van der Waals surface area contributed by atoms with Gasteiger partial charge in [0.25, 0.3) is 0 Å². The first-order valence-electron chi connectivity index (χ1n) is 9.21. The summed E-state index contributed by atoms with van der Waals surface area (Å²) in [4.78, 5) is 13.0. The van der Waals surface area contributed by atoms with Crippen molar-refractivity contribution in [2.24, 2.45) is 0 Å². The van der Waals surface area contributed by atoms with E-state index >= 15 is 0 Å². The molecular weight excluding hydrogens is 368 g/mol. The molecule has 0 aromatic heterocycles. The van der Waals surface area contributed by atoms with Crippen LogP contribution in [-0.4, -0.2) is 18.7 Å². The van der Waals surface area contributed by atoms with Gasteiger partial charge in [-0.1, -0.05) is 55.7 Å². The maximum Gasteiger partial charge on any atom is 0.325 e. The zero-order valence-electron chi connectivity index (χ0n) is 16.7. The summed E-state index contributed by atoms with van der Waals surface area (Å²) in [6, 6.07) is 7.63. The van der Waals surface area contributed by atoms with Crippen molar-refractivity contribution < 1.29 is 9.53 Å². The van der Waals surface area contributed by atoms with E-state index in [4.69, 9.17) is 4.74 Å². The van der Waals surface area contributed by atoms with Gasteiger partial charge in [-0.15, -0.1) is 6.58 Å². The fraction of sp³-hybridized carbons (Fsp3) is 0.261. The number of nitrogens with one attached hydrogen (secondary N) is 2. The number of carbonyl (C=O) groups excluding carboxylic acids is 1. The number of ether oxygens (including phenoxy) is 1. The average Bonchev–Trinajstić information content (AvgIpc) is 2.67. The highest BCUT2D eigenvalue weighted by Gasteiger charge is 2.10. The molecule has 0 radical (unpaired) electrons. The van der Waals surface area contributed by atoms with E-state index in [0.29, 0.717) is 13.0 Å². The quantitative estimate of drug-likeness (QED) is 0.205. The predicted molar refractivity (Wildman–Crippen MR) is 121 cm³/mol. The van der Waals surface area contributed by atoms with Gasteiger partial charge in [0.15, 0.2) is 0 Å². The van der Waals surface area contributed by atoms with Crippen LogP contribution in [0.1, 0.15) is 25.8 Å². The minimum absolute atomic E-state index is 0.0328. The highest BCUT2D eigenvalue weighted by Crippen LogP contribution is 2.20. The Balaban J connectivity index is 2.56. The topological polar surface area (TPSA) is 50.4 Å². The van der Waals surface area contributed by atoms with Crippen LogP contribution in [0.2, 0.25) is 0 Å². The zero-order valence-corrected chi connectivity index (χ0v) is 17.6. The largest absolute Gasteiger partial charge is 0.493 e. The summed E-state index contributed by atoms with van der Waals surface area (Å²) in [6.07, 6.45) is 10.6. The number of hydrogen-bond donors (Lipinski definition) is 2. The van der Waals surface area contributed by atoms with E-state index in [2.05, 4.69) is 29.8 Å². The van der Waals surface area contributed by atoms with Crippen molar-refractivity contribution in [2.45, 2.75) is 32.7 Å². The number of benzene rings is 1. The van der Waals surface area contributed by atoms with Crippen LogP contribution >= 0.6 is 11.9 Å². The first kappa shape index (κ1) is 23.4. The van der Waals surface area contributed by atoms with Crippen LogP contribution in [0.4, 0.5) is 4.79 Å². The number of carbonyl (C=O) groups is 1. The Hall–Kier alpha value is -2.66. The van der Waals surface area contributed by atoms with Gasteiger partial charge in [-0.3, -0.25) is 4.72 Å². The third-order valence-electron chi connectivity index (χ3n) is 3.70. The van der Waals surface area contributed by atoms with Gasteiger partial charge in [-0.25, -0.2) is 4.79 Å². The van der Waals surface area contributed by atoms with Crippen LogP contribution in [-0.2, 0) is 6.42 Å². The maximum absolute atomic E-state index is 12.2. The molecular formula is C23H30N2O2S. The molecule has 0 fully saturated rings. The summed E-state index contributed by atoms with van der Waals surface area (Å²) in [5, 5.41) is 2.94. The number of hydrogen-bond acceptors (Lipinski definition) is 3. The van der Waals surface area contributed by atoms with Crippen LogP contribution in [0.15, 0.2) is 84.9 Å². The van der Waals surface area contributed by atoms with Crippen molar-refractivity contribution in [2.75, 3.05) is 6.61 Å². The molecule has 1 aromatic rings. The van der Waals surface area contributed by atoms with Gasteiger partial charge in [-0.2, -0.15) is 0 Å². The van der Waals surface area contributed by atoms with Crippen molar-refractivity contribution in [3.05, 3.63) is 90.4 Å². The lowest BCUT2D eigenvalue weighted by Gasteiger charge is -2.15. The van der Waals surface area contributed by atoms with E-state index in [-0.39, 0.29) is 12.1 Å². The van der Waals surface area contributed by atoms with E-state index < -0.39 is 0 Å². The molecule has 0 aliphatic rings. The summed E-state index contributed by atoms with van der Waals surface area (Å²) in [6.45, 7) is 15.8. The molecule has 1 unspecified atom stereocenters. The summed E-state index contributed by atoms with van der Waals surface area (Å²) in [5.41, 5.74) is 2.01. The molecule has 1 atom stereocenters. The molecule has 0 heterocycles. The van der Waals surface area contributed by atoms with Gasteiger partial charge in [0.05, 0.1) is 6.61 Å². The molecule has 0 aliphatic heterocycles. The Labute approximate surface area is 173 Å². The van der Waals surface area contributed by atoms with E-state index in [9.17, 15) is 4.79 Å². The Morgan fingerprint density at radius 3 is 2.71 bits per heavy atom. The third-order valence-corrected chi connectivity index (χ3v) is 4.61. The van der Waals surface area contributed by atoms with Gasteiger partial charge in [0, 0.05) is 10.9 Å². The predicted octanol–water partition coefficient (Wildman–Crippen LogP) is 5.72. The average molecular weight is 399 g/mol. The van der Waals surface area contributed by atoms with Gasteiger partial charge < -0.3 is 10.1 Å². The number of amides is 2. The molecule has 0 aliphatic carbocycles. The molecule has 0 saturated heterocycles. The van der Waals surface area contributed by atoms with Crippen molar-refractivity contribution in [1.29, 1.82) is 0 Å². The van der Waals surface area contributed by atoms with Gasteiger partial charge in [-0.05, 0) is 61.9 Å². The Morgan fingerprint density at radius 1 is 1.29 bits per heavy atom. The molecule has 5 heteroatoms. The van der Waals surface area contributed by atoms with Crippen LogP contribution in [0.3, 0.4) is 0 Å². The standard InChI is InChI=1S/C23H30N2O2S/c1-6-10-15-27-21-14-11-13-19(17-21)16-18(5)24-23(26)25-28-22(9-4)20(8-3)12-7-2/h6-9,11-14,17-18H,1,3-4,10,15-16H2,2,5H3,(H2,24,25,26)/b12-7-,22-20+. The Kier molecular flexibility index (Phi) is 11.3. The fourth-order valence-corrected chi connectivity index (χ4v) is 3.04. The summed E-state index contributed by atoms with van der Waals surface area (Å²) in [5.74, 6) is 0.827. The van der Waals surface area contributed by atoms with E-state index in [1.807, 2.05) is 56.3 Å². The first-order valence-corrected chi connectivity index (χ1v) is 10.0. The second-order valence-corrected chi connectivity index (χ2v) is 6.93. The van der Waals surface area contributed by atoms with Crippen molar-refractivity contribution in [3.63, 3.8) is 0 Å². The SMILES string of the molecule is C=CCCOc1cccc(CC(C)NC(=O)NS/C(C=C)=C(C=C)/C=C\C)c1. The van der Waals surface area contributed by atoms with E-state index in [0.717, 1.165) is 28.2 Å². The Bertz CT molecular complexity index is 738. The minimum Gasteiger partial charge on any atom is -0.493 e. The molecule has 4 nitrogen and oxygen atoms in total. The molecule has 2 amide bonds. The van der Waals surface area contributed by atoms with Crippen LogP contribution in [0, 0.1) is 0 Å². The number of allylic oxidation sites excluding steroid dienone is 5. The molecule has 28 heavy (non-hydrogen) atoms. The number of rotatable bonds is 12. The number of urea groups is 1. The summed E-state index contributed by atoms with van der Waals surface area (Å²) >= 11 is 1.21. The smallest absolute Gasteiger partial charge is 0.325 e. The van der Waals surface area contributed by atoms with Crippen LogP contribution in [0.5, 0.6) is 5.75 Å². The Morgan fingerprint density at radius 2 is 2.07 bits per heavy atom. The lowest BCUT2D eigenvalue weighted by Crippen LogP contribution is -2.39. The molecule has 2 N–H and O–H groups in total. The van der Waals surface area contributed by atoms with Crippen molar-refractivity contribution >= 4 is 18.0 Å². The lowest BCUT2D eigenvalue weighted by molar-refractivity contribution is 0.243. The molecule has 0 bridgehead atoms. The summed E-state index contributed by atoms with van der Waals surface area (Å²) < 4.78 is 8.47. The molecule has 1 aromatic carbocycles. The normalized spacial score (nSPS) is 12.6. The molecule has 1 rings (SSSR count). The van der Waals surface area contributed by atoms with Crippen LogP contribution in [0.25, 0.3) is 0 Å². The fourth-order valence-electron chi connectivity index (χ4n) is 2.43. The highest BCUT2D eigenvalue weighted by atomic mass is 32.2. The first-order chi connectivity index (χ1) is 13.5. The third kappa shape index (κ3) is 8.82. The van der Waals surface area contributed by atoms with Gasteiger partial charge in [0.1, 0.15) is 5.75 Å². The van der Waals surface area contributed by atoms with Gasteiger partial charge in [0.2, 0.25) is 0 Å². The van der Waals surface area contributed by atoms with Crippen LogP contribution < -0.4 is 14.8 Å². The second-order valence-electron chi connectivity index (χ2n) is 6.08. The van der Waals surface area contributed by atoms with Crippen molar-refractivity contribution in [3.8, 4) is 5.75 Å². The minimum atomic E-state index is -0.251. The molecule has 0 spiro atoms.